The lowest BCUT2D eigenvalue weighted by Crippen LogP contribution is -2.43. The number of hydrogen-bond acceptors (Lipinski definition) is 4. The number of carbonyl (C=O) groups is 1. The van der Waals surface area contributed by atoms with Crippen molar-refractivity contribution in [2.45, 2.75) is 23.8 Å². The van der Waals surface area contributed by atoms with E-state index in [9.17, 15) is 39.6 Å². The minimum Gasteiger partial charge on any atom is -0.467 e. The molecule has 1 aromatic heterocycles. The molecule has 0 aliphatic carbocycles. The number of rotatable bonds is 7. The lowest BCUT2D eigenvalue weighted by molar-refractivity contribution is -0.162. The number of alkyl halides is 6. The molecular weight excluding hydrogens is 430 g/mol. The molecule has 1 heterocycles. The van der Waals surface area contributed by atoms with Crippen LogP contribution in [0.1, 0.15) is 11.3 Å². The van der Waals surface area contributed by atoms with E-state index in [4.69, 9.17) is 4.42 Å². The van der Waals surface area contributed by atoms with Crippen LogP contribution in [-0.2, 0) is 27.5 Å². The smallest absolute Gasteiger partial charge is 0.416 e. The molecule has 0 unspecified atom stereocenters. The van der Waals surface area contributed by atoms with Gasteiger partial charge < -0.3 is 9.32 Å². The van der Waals surface area contributed by atoms with Crippen LogP contribution in [0.25, 0.3) is 0 Å². The number of benzene rings is 1. The van der Waals surface area contributed by atoms with Crippen LogP contribution in [0.2, 0.25) is 0 Å². The van der Waals surface area contributed by atoms with E-state index in [0.717, 1.165) is 12.1 Å². The molecule has 0 radical (unpaired) electrons. The van der Waals surface area contributed by atoms with E-state index in [-0.39, 0.29) is 5.76 Å². The van der Waals surface area contributed by atoms with E-state index in [1.807, 2.05) is 0 Å². The van der Waals surface area contributed by atoms with E-state index in [1.165, 1.54) is 18.4 Å². The van der Waals surface area contributed by atoms with Gasteiger partial charge >= 0.3 is 12.4 Å². The van der Waals surface area contributed by atoms with Gasteiger partial charge in [0.1, 0.15) is 12.3 Å². The first-order chi connectivity index (χ1) is 13.3. The predicted molar refractivity (Wildman–Crippen MR) is 86.8 cm³/mol. The number of nitrogens with one attached hydrogen (secondary N) is 1. The van der Waals surface area contributed by atoms with Gasteiger partial charge in [-0.25, -0.2) is 13.1 Å². The Morgan fingerprint density at radius 2 is 1.76 bits per heavy atom. The largest absolute Gasteiger partial charge is 0.467 e. The summed E-state index contributed by atoms with van der Waals surface area (Å²) in [7, 11) is -4.58. The monoisotopic (exact) mass is 444 g/mol. The first-order valence-corrected chi connectivity index (χ1v) is 9.30. The third-order valence-electron chi connectivity index (χ3n) is 3.53. The van der Waals surface area contributed by atoms with Crippen molar-refractivity contribution in [2.24, 2.45) is 0 Å². The maximum Gasteiger partial charge on any atom is 0.416 e. The zero-order valence-electron chi connectivity index (χ0n) is 14.4. The van der Waals surface area contributed by atoms with Gasteiger partial charge in [-0.15, -0.1) is 0 Å². The third kappa shape index (κ3) is 6.78. The van der Waals surface area contributed by atoms with Crippen LogP contribution in [0.3, 0.4) is 0 Å². The molecule has 13 heteroatoms. The lowest BCUT2D eigenvalue weighted by Gasteiger charge is -2.23. The molecule has 0 aliphatic rings. The van der Waals surface area contributed by atoms with Crippen molar-refractivity contribution in [2.75, 3.05) is 13.1 Å². The van der Waals surface area contributed by atoms with Crippen LogP contribution in [0.4, 0.5) is 26.3 Å². The van der Waals surface area contributed by atoms with Crippen LogP contribution in [-0.4, -0.2) is 38.5 Å². The molecule has 1 amide bonds. The fourth-order valence-electron chi connectivity index (χ4n) is 2.23. The van der Waals surface area contributed by atoms with E-state index in [2.05, 4.69) is 0 Å². The Hall–Kier alpha value is -2.54. The Morgan fingerprint density at radius 1 is 1.07 bits per heavy atom. The molecule has 2 rings (SSSR count). The molecule has 1 aromatic carbocycles. The Morgan fingerprint density at radius 3 is 2.31 bits per heavy atom. The SMILES string of the molecule is O=C(CNS(=O)(=O)c1cccc(C(F)(F)F)c1)N(Cc1ccco1)CC(F)(F)F. The Balaban J connectivity index is 2.13. The van der Waals surface area contributed by atoms with Crippen molar-refractivity contribution in [3.63, 3.8) is 0 Å². The number of hydrogen-bond donors (Lipinski definition) is 1. The summed E-state index contributed by atoms with van der Waals surface area (Å²) in [5.74, 6) is -1.21. The van der Waals surface area contributed by atoms with Crippen LogP contribution < -0.4 is 4.72 Å². The molecule has 2 aromatic rings. The summed E-state index contributed by atoms with van der Waals surface area (Å²) in [6.45, 7) is -3.33. The highest BCUT2D eigenvalue weighted by Gasteiger charge is 2.34. The van der Waals surface area contributed by atoms with Crippen LogP contribution >= 0.6 is 0 Å². The van der Waals surface area contributed by atoms with Gasteiger partial charge in [-0.2, -0.15) is 26.3 Å². The zero-order valence-corrected chi connectivity index (χ0v) is 15.2. The van der Waals surface area contributed by atoms with Crippen molar-refractivity contribution in [3.05, 3.63) is 54.0 Å². The molecule has 0 saturated heterocycles. The van der Waals surface area contributed by atoms with E-state index in [1.54, 1.807) is 4.72 Å². The predicted octanol–water partition coefficient (Wildman–Crippen LogP) is 3.17. The summed E-state index contributed by atoms with van der Waals surface area (Å²) in [6.07, 6.45) is -8.38. The Kier molecular flexibility index (Phi) is 6.63. The van der Waals surface area contributed by atoms with Crippen molar-refractivity contribution >= 4 is 15.9 Å². The summed E-state index contributed by atoms with van der Waals surface area (Å²) < 4.78 is 107. The highest BCUT2D eigenvalue weighted by molar-refractivity contribution is 7.89. The molecule has 0 bridgehead atoms. The van der Waals surface area contributed by atoms with Crippen molar-refractivity contribution in [1.29, 1.82) is 0 Å². The lowest BCUT2D eigenvalue weighted by atomic mass is 10.2. The summed E-state index contributed by atoms with van der Waals surface area (Å²) in [6, 6.07) is 5.43. The summed E-state index contributed by atoms with van der Waals surface area (Å²) in [5.41, 5.74) is -1.23. The van der Waals surface area contributed by atoms with Gasteiger partial charge in [0.15, 0.2) is 0 Å². The zero-order chi connectivity index (χ0) is 21.9. The van der Waals surface area contributed by atoms with Gasteiger partial charge in [0.05, 0.1) is 29.8 Å². The van der Waals surface area contributed by atoms with Gasteiger partial charge in [0, 0.05) is 0 Å². The second-order valence-corrected chi connectivity index (χ2v) is 7.56. The van der Waals surface area contributed by atoms with Gasteiger partial charge in [-0.1, -0.05) is 6.07 Å². The number of carbonyl (C=O) groups excluding carboxylic acids is 1. The molecule has 0 spiro atoms. The fraction of sp³-hybridized carbons (Fsp3) is 0.312. The number of nitrogens with zero attached hydrogens (tertiary/aromatic N) is 1. The Bertz CT molecular complexity index is 939. The van der Waals surface area contributed by atoms with Crippen LogP contribution in [0.5, 0.6) is 0 Å². The second kappa shape index (κ2) is 8.45. The average Bonchev–Trinajstić information content (AvgIpc) is 3.10. The van der Waals surface area contributed by atoms with Crippen molar-refractivity contribution in [1.82, 2.24) is 9.62 Å². The van der Waals surface area contributed by atoms with Crippen LogP contribution in [0, 0.1) is 0 Å². The van der Waals surface area contributed by atoms with Gasteiger partial charge in [0.2, 0.25) is 15.9 Å². The third-order valence-corrected chi connectivity index (χ3v) is 4.93. The molecular formula is C16H14F6N2O4S. The maximum atomic E-state index is 12.7. The minimum absolute atomic E-state index is 0.0309. The summed E-state index contributed by atoms with van der Waals surface area (Å²) >= 11 is 0. The molecule has 0 atom stereocenters. The number of halogens is 6. The summed E-state index contributed by atoms with van der Waals surface area (Å²) in [4.78, 5) is 11.7. The van der Waals surface area contributed by atoms with E-state index in [0.29, 0.717) is 17.0 Å². The number of amides is 1. The van der Waals surface area contributed by atoms with Gasteiger partial charge in [-0.05, 0) is 30.3 Å². The van der Waals surface area contributed by atoms with Crippen molar-refractivity contribution < 1.29 is 44.0 Å². The first-order valence-electron chi connectivity index (χ1n) is 7.82. The Labute approximate surface area is 161 Å². The van der Waals surface area contributed by atoms with Gasteiger partial charge in [-0.3, -0.25) is 4.79 Å². The standard InChI is InChI=1S/C16H14F6N2O4S/c17-15(18,19)10-24(9-12-4-2-6-28-12)14(25)8-23-29(26,27)13-5-1-3-11(7-13)16(20,21)22/h1-7,23H,8-10H2. The first kappa shape index (κ1) is 22.7. The molecule has 29 heavy (non-hydrogen) atoms. The molecule has 0 aliphatic heterocycles. The quantitative estimate of drug-likeness (QED) is 0.666. The molecule has 1 N–H and O–H groups in total. The van der Waals surface area contributed by atoms with Gasteiger partial charge in [0.25, 0.3) is 0 Å². The minimum atomic E-state index is -4.80. The topological polar surface area (TPSA) is 79.6 Å². The highest BCUT2D eigenvalue weighted by Crippen LogP contribution is 2.30. The fourth-order valence-corrected chi connectivity index (χ4v) is 3.25. The molecule has 0 fully saturated rings. The average molecular weight is 444 g/mol. The molecule has 0 saturated carbocycles. The maximum absolute atomic E-state index is 12.7. The summed E-state index contributed by atoms with van der Waals surface area (Å²) in [5, 5.41) is 0. The highest BCUT2D eigenvalue weighted by atomic mass is 32.2. The number of furan rings is 1. The van der Waals surface area contributed by atoms with E-state index < -0.39 is 58.4 Å². The molecule has 6 nitrogen and oxygen atoms in total. The van der Waals surface area contributed by atoms with E-state index >= 15 is 0 Å². The number of sulfonamides is 1. The van der Waals surface area contributed by atoms with Crippen LogP contribution in [0.15, 0.2) is 52.0 Å². The normalized spacial score (nSPS) is 12.8. The molecule has 160 valence electrons. The second-order valence-electron chi connectivity index (χ2n) is 5.79. The van der Waals surface area contributed by atoms with Crippen molar-refractivity contribution in [3.8, 4) is 0 Å².